The molecule has 0 aliphatic heterocycles. The second-order valence-corrected chi connectivity index (χ2v) is 3.55. The molecule has 1 nitrogen and oxygen atoms in total. The van der Waals surface area contributed by atoms with Crippen LogP contribution in [-0.2, 0) is 0 Å². The fourth-order valence-corrected chi connectivity index (χ4v) is 1.87. The largest absolute Gasteiger partial charge is 0.225 e. The molecule has 1 heterocycles. The average Bonchev–Trinajstić information content (AvgIpc) is 2.27. The summed E-state index contributed by atoms with van der Waals surface area (Å²) in [7, 11) is 0. The van der Waals surface area contributed by atoms with Crippen LogP contribution in [0.5, 0.6) is 0 Å². The molecule has 1 aromatic carbocycles. The van der Waals surface area contributed by atoms with E-state index in [0.717, 1.165) is 10.2 Å². The molecule has 0 aliphatic carbocycles. The zero-order valence-corrected chi connectivity index (χ0v) is 7.84. The standard InChI is InChI=1S/C7H4ClNS.ClH/c8-7-9-5-3-1-2-4-6(5)10-7;/h1-4H;1H. The Labute approximate surface area is 79.4 Å². The Bertz CT molecular complexity index is 325. The monoisotopic (exact) mass is 205 g/mol. The molecule has 0 N–H and O–H groups in total. The van der Waals surface area contributed by atoms with Crippen molar-refractivity contribution in [2.45, 2.75) is 0 Å². The maximum atomic E-state index is 5.69. The summed E-state index contributed by atoms with van der Waals surface area (Å²) in [6.07, 6.45) is 0. The number of hydrogen-bond acceptors (Lipinski definition) is 2. The molecular weight excluding hydrogens is 201 g/mol. The molecule has 0 saturated carbocycles. The van der Waals surface area contributed by atoms with E-state index in [9.17, 15) is 0 Å². The smallest absolute Gasteiger partial charge is 0.184 e. The highest BCUT2D eigenvalue weighted by Crippen LogP contribution is 2.24. The minimum absolute atomic E-state index is 0. The number of para-hydroxylation sites is 1. The molecule has 0 atom stereocenters. The van der Waals surface area contributed by atoms with Crippen molar-refractivity contribution in [1.29, 1.82) is 0 Å². The van der Waals surface area contributed by atoms with E-state index < -0.39 is 0 Å². The van der Waals surface area contributed by atoms with Crippen LogP contribution in [0, 0.1) is 0 Å². The number of hydrogen-bond donors (Lipinski definition) is 0. The Morgan fingerprint density at radius 1 is 1.27 bits per heavy atom. The van der Waals surface area contributed by atoms with Gasteiger partial charge in [-0.3, -0.25) is 0 Å². The number of rotatable bonds is 0. The van der Waals surface area contributed by atoms with Gasteiger partial charge in [0.15, 0.2) is 4.47 Å². The molecule has 0 spiro atoms. The second-order valence-electron chi connectivity index (χ2n) is 1.93. The Morgan fingerprint density at radius 2 is 2.00 bits per heavy atom. The third-order valence-corrected chi connectivity index (χ3v) is 2.41. The Morgan fingerprint density at radius 3 is 2.73 bits per heavy atom. The lowest BCUT2D eigenvalue weighted by Crippen LogP contribution is -1.62. The first-order chi connectivity index (χ1) is 4.86. The summed E-state index contributed by atoms with van der Waals surface area (Å²) in [5, 5.41) is 0. The topological polar surface area (TPSA) is 12.9 Å². The maximum absolute atomic E-state index is 5.69. The fourth-order valence-electron chi connectivity index (χ4n) is 0.844. The van der Waals surface area contributed by atoms with Crippen LogP contribution in [0.25, 0.3) is 10.2 Å². The molecule has 0 amide bonds. The van der Waals surface area contributed by atoms with Crippen molar-refractivity contribution < 1.29 is 0 Å². The molecule has 0 aliphatic rings. The van der Waals surface area contributed by atoms with E-state index >= 15 is 0 Å². The van der Waals surface area contributed by atoms with E-state index in [0.29, 0.717) is 4.47 Å². The molecule has 0 bridgehead atoms. The highest BCUT2D eigenvalue weighted by atomic mass is 35.5. The molecule has 4 heteroatoms. The van der Waals surface area contributed by atoms with E-state index in [1.54, 1.807) is 0 Å². The molecule has 11 heavy (non-hydrogen) atoms. The van der Waals surface area contributed by atoms with Crippen molar-refractivity contribution in [3.63, 3.8) is 0 Å². The van der Waals surface area contributed by atoms with Gasteiger partial charge in [0.2, 0.25) is 0 Å². The lowest BCUT2D eigenvalue weighted by Gasteiger charge is -1.80. The maximum Gasteiger partial charge on any atom is 0.184 e. The first-order valence-electron chi connectivity index (χ1n) is 2.87. The quantitative estimate of drug-likeness (QED) is 0.643. The first-order valence-corrected chi connectivity index (χ1v) is 4.07. The number of aromatic nitrogens is 1. The van der Waals surface area contributed by atoms with Crippen molar-refractivity contribution in [1.82, 2.24) is 4.98 Å². The van der Waals surface area contributed by atoms with Gasteiger partial charge in [-0.15, -0.1) is 23.7 Å². The number of halogens is 2. The SMILES string of the molecule is Cl.Clc1nc2ccccc2s1. The number of thiazole rings is 1. The number of fused-ring (bicyclic) bond motifs is 1. The van der Waals surface area contributed by atoms with E-state index in [1.807, 2.05) is 24.3 Å². The zero-order valence-electron chi connectivity index (χ0n) is 5.45. The number of benzene rings is 1. The summed E-state index contributed by atoms with van der Waals surface area (Å²) in [6, 6.07) is 7.91. The number of nitrogens with zero attached hydrogens (tertiary/aromatic N) is 1. The zero-order chi connectivity index (χ0) is 6.97. The highest BCUT2D eigenvalue weighted by Gasteiger charge is 1.97. The van der Waals surface area contributed by atoms with Gasteiger partial charge in [-0.05, 0) is 12.1 Å². The molecule has 1 aromatic heterocycles. The van der Waals surface area contributed by atoms with Gasteiger partial charge >= 0.3 is 0 Å². The van der Waals surface area contributed by atoms with Gasteiger partial charge in [0.25, 0.3) is 0 Å². The Hall–Kier alpha value is -0.310. The van der Waals surface area contributed by atoms with Crippen LogP contribution in [0.3, 0.4) is 0 Å². The highest BCUT2D eigenvalue weighted by molar-refractivity contribution is 7.22. The second kappa shape index (κ2) is 3.39. The van der Waals surface area contributed by atoms with Crippen molar-refractivity contribution in [2.24, 2.45) is 0 Å². The van der Waals surface area contributed by atoms with Crippen molar-refractivity contribution in [3.8, 4) is 0 Å². The normalized spacial score (nSPS) is 9.55. The van der Waals surface area contributed by atoms with Crippen LogP contribution >= 0.6 is 35.3 Å². The van der Waals surface area contributed by atoms with Crippen LogP contribution in [0.4, 0.5) is 0 Å². The van der Waals surface area contributed by atoms with Crippen molar-refractivity contribution in [2.75, 3.05) is 0 Å². The average molecular weight is 206 g/mol. The van der Waals surface area contributed by atoms with Crippen molar-refractivity contribution >= 4 is 45.6 Å². The van der Waals surface area contributed by atoms with Crippen LogP contribution in [0.15, 0.2) is 24.3 Å². The Kier molecular flexibility index (Phi) is 2.71. The summed E-state index contributed by atoms with van der Waals surface area (Å²) in [5.41, 5.74) is 0.984. The van der Waals surface area contributed by atoms with Gasteiger partial charge in [-0.25, -0.2) is 4.98 Å². The van der Waals surface area contributed by atoms with Crippen LogP contribution in [0.1, 0.15) is 0 Å². The van der Waals surface area contributed by atoms with E-state index in [1.165, 1.54) is 11.3 Å². The third-order valence-electron chi connectivity index (χ3n) is 1.27. The molecule has 58 valence electrons. The third kappa shape index (κ3) is 1.64. The molecular formula is C7H5Cl2NS. The van der Waals surface area contributed by atoms with E-state index in [-0.39, 0.29) is 12.4 Å². The lowest BCUT2D eigenvalue weighted by atomic mass is 10.3. The lowest BCUT2D eigenvalue weighted by molar-refractivity contribution is 1.50. The summed E-state index contributed by atoms with van der Waals surface area (Å²) in [4.78, 5) is 4.10. The minimum atomic E-state index is 0. The van der Waals surface area contributed by atoms with Gasteiger partial charge in [0.1, 0.15) is 0 Å². The summed E-state index contributed by atoms with van der Waals surface area (Å²) < 4.78 is 1.76. The molecule has 0 unspecified atom stereocenters. The van der Waals surface area contributed by atoms with E-state index in [4.69, 9.17) is 11.6 Å². The predicted molar refractivity (Wildman–Crippen MR) is 51.9 cm³/mol. The predicted octanol–water partition coefficient (Wildman–Crippen LogP) is 3.37. The van der Waals surface area contributed by atoms with Crippen LogP contribution in [0.2, 0.25) is 4.47 Å². The molecule has 2 aromatic rings. The van der Waals surface area contributed by atoms with Crippen LogP contribution in [-0.4, -0.2) is 4.98 Å². The minimum Gasteiger partial charge on any atom is -0.225 e. The van der Waals surface area contributed by atoms with Gasteiger partial charge in [-0.1, -0.05) is 23.7 Å². The van der Waals surface area contributed by atoms with E-state index in [2.05, 4.69) is 4.98 Å². The molecule has 0 radical (unpaired) electrons. The molecule has 0 saturated heterocycles. The van der Waals surface area contributed by atoms with Gasteiger partial charge in [0.05, 0.1) is 10.2 Å². The summed E-state index contributed by atoms with van der Waals surface area (Å²) in [6.45, 7) is 0. The summed E-state index contributed by atoms with van der Waals surface area (Å²) in [5.74, 6) is 0. The first kappa shape index (κ1) is 8.78. The fraction of sp³-hybridized carbons (Fsp3) is 0. The van der Waals surface area contributed by atoms with Gasteiger partial charge < -0.3 is 0 Å². The summed E-state index contributed by atoms with van der Waals surface area (Å²) >= 11 is 7.20. The molecule has 2 rings (SSSR count). The Balaban J connectivity index is 0.000000605. The van der Waals surface area contributed by atoms with Gasteiger partial charge in [-0.2, -0.15) is 0 Å². The van der Waals surface area contributed by atoms with Gasteiger partial charge in [0, 0.05) is 0 Å². The van der Waals surface area contributed by atoms with Crippen LogP contribution < -0.4 is 0 Å². The van der Waals surface area contributed by atoms with Crippen molar-refractivity contribution in [3.05, 3.63) is 28.7 Å². The molecule has 0 fully saturated rings.